The zero-order valence-electron chi connectivity index (χ0n) is 11.9. The Morgan fingerprint density at radius 3 is 2.39 bits per heavy atom. The maximum absolute atomic E-state index is 5.36. The molecule has 0 aliphatic carbocycles. The average Bonchev–Trinajstić information content (AvgIpc) is 2.66. The molecule has 1 unspecified atom stereocenters. The van der Waals surface area contributed by atoms with Crippen LogP contribution in [0.3, 0.4) is 0 Å². The first-order chi connectivity index (χ1) is 8.62. The quantitative estimate of drug-likeness (QED) is 0.737. The number of aromatic nitrogens is 1. The number of thiazole rings is 1. The third-order valence-electron chi connectivity index (χ3n) is 2.92. The van der Waals surface area contributed by atoms with Crippen LogP contribution in [0.5, 0.6) is 0 Å². The molecule has 104 valence electrons. The summed E-state index contributed by atoms with van der Waals surface area (Å²) >= 11 is 1.75. The van der Waals surface area contributed by atoms with Gasteiger partial charge in [0.25, 0.3) is 0 Å². The van der Waals surface area contributed by atoms with Crippen LogP contribution in [-0.4, -0.2) is 38.1 Å². The number of aryl methyl sites for hydroxylation is 2. The molecule has 1 heterocycles. The van der Waals surface area contributed by atoms with Crippen molar-refractivity contribution in [3.63, 3.8) is 0 Å². The van der Waals surface area contributed by atoms with Gasteiger partial charge in [0.15, 0.2) is 6.29 Å². The predicted octanol–water partition coefficient (Wildman–Crippen LogP) is 2.29. The molecule has 1 aromatic rings. The molecule has 0 fully saturated rings. The molecule has 1 atom stereocenters. The summed E-state index contributed by atoms with van der Waals surface area (Å²) < 4.78 is 10.7. The lowest BCUT2D eigenvalue weighted by Crippen LogP contribution is -2.44. The molecule has 0 bridgehead atoms. The zero-order valence-corrected chi connectivity index (χ0v) is 12.8. The third kappa shape index (κ3) is 4.31. The summed E-state index contributed by atoms with van der Waals surface area (Å²) in [5, 5.41) is 4.60. The minimum atomic E-state index is -0.235. The maximum Gasteiger partial charge on any atom is 0.172 e. The lowest BCUT2D eigenvalue weighted by atomic mass is 10.2. The average molecular weight is 272 g/mol. The van der Waals surface area contributed by atoms with E-state index in [-0.39, 0.29) is 12.3 Å². The molecule has 0 aliphatic heterocycles. The van der Waals surface area contributed by atoms with Gasteiger partial charge in [-0.2, -0.15) is 0 Å². The summed E-state index contributed by atoms with van der Waals surface area (Å²) in [7, 11) is 3.35. The Labute approximate surface area is 114 Å². The van der Waals surface area contributed by atoms with Gasteiger partial charge in [-0.05, 0) is 26.8 Å². The van der Waals surface area contributed by atoms with Crippen molar-refractivity contribution in [3.8, 4) is 0 Å². The van der Waals surface area contributed by atoms with Crippen LogP contribution < -0.4 is 5.32 Å². The molecule has 0 saturated carbocycles. The fourth-order valence-electron chi connectivity index (χ4n) is 1.83. The molecule has 0 amide bonds. The van der Waals surface area contributed by atoms with Gasteiger partial charge < -0.3 is 14.8 Å². The summed E-state index contributed by atoms with van der Waals surface area (Å²) in [4.78, 5) is 5.86. The Kier molecular flexibility index (Phi) is 6.78. The largest absolute Gasteiger partial charge is 0.354 e. The number of nitrogens with zero attached hydrogens (tertiary/aromatic N) is 1. The number of methoxy groups -OCH3 is 2. The Morgan fingerprint density at radius 1 is 1.28 bits per heavy atom. The summed E-state index contributed by atoms with van der Waals surface area (Å²) in [6.45, 7) is 7.26. The van der Waals surface area contributed by atoms with Gasteiger partial charge in [0.2, 0.25) is 0 Å². The summed E-state index contributed by atoms with van der Waals surface area (Å²) in [5.74, 6) is 0. The summed E-state index contributed by atoms with van der Waals surface area (Å²) in [5.41, 5.74) is 1.12. The second-order valence-corrected chi connectivity index (χ2v) is 5.64. The first kappa shape index (κ1) is 15.6. The lowest BCUT2D eigenvalue weighted by Gasteiger charge is -2.25. The first-order valence-corrected chi connectivity index (χ1v) is 7.15. The van der Waals surface area contributed by atoms with Crippen LogP contribution in [0, 0.1) is 13.8 Å². The number of ether oxygens (including phenoxy) is 2. The Balaban J connectivity index is 2.70. The monoisotopic (exact) mass is 272 g/mol. The molecule has 1 N–H and O–H groups in total. The smallest absolute Gasteiger partial charge is 0.172 e. The minimum absolute atomic E-state index is 0.143. The molecular formula is C13H24N2O2S. The number of hydrogen-bond donors (Lipinski definition) is 1. The predicted molar refractivity (Wildman–Crippen MR) is 75.2 cm³/mol. The normalized spacial score (nSPS) is 13.2. The van der Waals surface area contributed by atoms with Gasteiger partial charge in [0, 0.05) is 25.5 Å². The van der Waals surface area contributed by atoms with E-state index in [1.807, 2.05) is 6.92 Å². The van der Waals surface area contributed by atoms with Crippen molar-refractivity contribution in [2.24, 2.45) is 0 Å². The van der Waals surface area contributed by atoms with Gasteiger partial charge in [0.1, 0.15) is 0 Å². The van der Waals surface area contributed by atoms with E-state index < -0.39 is 0 Å². The van der Waals surface area contributed by atoms with Crippen LogP contribution in [0.15, 0.2) is 0 Å². The SMILES string of the molecule is CCCNC(Cc1nc(C)c(C)s1)C(OC)OC. The number of nitrogens with one attached hydrogen (secondary N) is 1. The summed E-state index contributed by atoms with van der Waals surface area (Å²) in [6.07, 6.45) is 1.69. The third-order valence-corrected chi connectivity index (χ3v) is 4.01. The maximum atomic E-state index is 5.36. The Morgan fingerprint density at radius 2 is 1.94 bits per heavy atom. The van der Waals surface area contributed by atoms with Gasteiger partial charge in [0.05, 0.1) is 16.7 Å². The minimum Gasteiger partial charge on any atom is -0.354 e. The molecule has 0 aromatic carbocycles. The number of rotatable bonds is 8. The van der Waals surface area contributed by atoms with E-state index in [1.54, 1.807) is 25.6 Å². The van der Waals surface area contributed by atoms with Gasteiger partial charge in [-0.3, -0.25) is 0 Å². The van der Waals surface area contributed by atoms with Crippen molar-refractivity contribution in [3.05, 3.63) is 15.6 Å². The fraction of sp³-hybridized carbons (Fsp3) is 0.769. The number of hydrogen-bond acceptors (Lipinski definition) is 5. The molecule has 0 spiro atoms. The van der Waals surface area contributed by atoms with E-state index in [4.69, 9.17) is 9.47 Å². The van der Waals surface area contributed by atoms with Crippen LogP contribution in [0.1, 0.15) is 28.9 Å². The van der Waals surface area contributed by atoms with Crippen LogP contribution in [-0.2, 0) is 15.9 Å². The van der Waals surface area contributed by atoms with E-state index >= 15 is 0 Å². The van der Waals surface area contributed by atoms with Crippen LogP contribution in [0.25, 0.3) is 0 Å². The Hall–Kier alpha value is -0.490. The van der Waals surface area contributed by atoms with E-state index in [2.05, 4.69) is 24.1 Å². The zero-order chi connectivity index (χ0) is 13.5. The van der Waals surface area contributed by atoms with E-state index in [0.29, 0.717) is 0 Å². The molecule has 0 radical (unpaired) electrons. The van der Waals surface area contributed by atoms with E-state index in [0.717, 1.165) is 30.1 Å². The van der Waals surface area contributed by atoms with Gasteiger partial charge in [-0.25, -0.2) is 4.98 Å². The summed E-state index contributed by atoms with van der Waals surface area (Å²) in [6, 6.07) is 0.143. The van der Waals surface area contributed by atoms with Crippen molar-refractivity contribution >= 4 is 11.3 Å². The molecule has 1 rings (SSSR count). The van der Waals surface area contributed by atoms with Crippen molar-refractivity contribution in [1.82, 2.24) is 10.3 Å². The molecular weight excluding hydrogens is 248 g/mol. The van der Waals surface area contributed by atoms with Crippen molar-refractivity contribution in [2.45, 2.75) is 45.9 Å². The molecule has 1 aromatic heterocycles. The van der Waals surface area contributed by atoms with Crippen LogP contribution >= 0.6 is 11.3 Å². The molecule has 0 saturated heterocycles. The first-order valence-electron chi connectivity index (χ1n) is 6.34. The van der Waals surface area contributed by atoms with Crippen molar-refractivity contribution in [1.29, 1.82) is 0 Å². The highest BCUT2D eigenvalue weighted by Crippen LogP contribution is 2.19. The van der Waals surface area contributed by atoms with Gasteiger partial charge in [-0.15, -0.1) is 11.3 Å². The highest BCUT2D eigenvalue weighted by atomic mass is 32.1. The van der Waals surface area contributed by atoms with Crippen molar-refractivity contribution in [2.75, 3.05) is 20.8 Å². The topological polar surface area (TPSA) is 43.4 Å². The van der Waals surface area contributed by atoms with E-state index in [9.17, 15) is 0 Å². The van der Waals surface area contributed by atoms with Crippen LogP contribution in [0.4, 0.5) is 0 Å². The molecule has 5 heteroatoms. The lowest BCUT2D eigenvalue weighted by molar-refractivity contribution is -0.122. The second kappa shape index (κ2) is 7.84. The molecule has 0 aliphatic rings. The van der Waals surface area contributed by atoms with Gasteiger partial charge >= 0.3 is 0 Å². The highest BCUT2D eigenvalue weighted by Gasteiger charge is 2.22. The molecule has 18 heavy (non-hydrogen) atoms. The Bertz CT molecular complexity index is 331. The standard InChI is InChI=1S/C13H24N2O2S/c1-6-7-14-11(13(16-4)17-5)8-12-15-9(2)10(3)18-12/h11,13-14H,6-8H2,1-5H3. The van der Waals surface area contributed by atoms with E-state index in [1.165, 1.54) is 4.88 Å². The van der Waals surface area contributed by atoms with Crippen molar-refractivity contribution < 1.29 is 9.47 Å². The van der Waals surface area contributed by atoms with Gasteiger partial charge in [-0.1, -0.05) is 6.92 Å². The molecule has 4 nitrogen and oxygen atoms in total. The second-order valence-electron chi connectivity index (χ2n) is 4.35. The highest BCUT2D eigenvalue weighted by molar-refractivity contribution is 7.11. The van der Waals surface area contributed by atoms with Crippen LogP contribution in [0.2, 0.25) is 0 Å². The fourth-order valence-corrected chi connectivity index (χ4v) is 2.83.